The molecule has 3 rings (SSSR count). The number of benzene rings is 2. The highest BCUT2D eigenvalue weighted by molar-refractivity contribution is 7.93. The van der Waals surface area contributed by atoms with Crippen LogP contribution >= 0.6 is 0 Å². The molecule has 2 aromatic carbocycles. The van der Waals surface area contributed by atoms with Gasteiger partial charge in [-0.2, -0.15) is 0 Å². The topological polar surface area (TPSA) is 49.9 Å². The number of nitrogens with zero attached hydrogens (tertiary/aromatic N) is 2. The van der Waals surface area contributed by atoms with Crippen LogP contribution in [0.3, 0.4) is 0 Å². The fourth-order valence-electron chi connectivity index (χ4n) is 4.29. The van der Waals surface area contributed by atoms with E-state index in [9.17, 15) is 8.42 Å². The molecule has 0 radical (unpaired) electrons. The molecule has 1 heterocycles. The summed E-state index contributed by atoms with van der Waals surface area (Å²) in [6, 6.07) is 11.3. The first-order valence-electron chi connectivity index (χ1n) is 10.8. The summed E-state index contributed by atoms with van der Waals surface area (Å²) in [6.45, 7) is 12.0. The summed E-state index contributed by atoms with van der Waals surface area (Å²) in [6.07, 6.45) is 1.84. The van der Waals surface area contributed by atoms with E-state index in [1.807, 2.05) is 25.1 Å². The average Bonchev–Trinajstić information content (AvgIpc) is 3.13. The fraction of sp³-hybridized carbons (Fsp3) is 0.500. The normalized spacial score (nSPS) is 13.9. The van der Waals surface area contributed by atoms with Gasteiger partial charge in [0, 0.05) is 19.6 Å². The molecule has 1 aliphatic heterocycles. The molecule has 1 aliphatic rings. The Morgan fingerprint density at radius 3 is 2.63 bits per heavy atom. The molecule has 0 saturated carbocycles. The molecule has 0 atom stereocenters. The molecule has 5 nitrogen and oxygen atoms in total. The summed E-state index contributed by atoms with van der Waals surface area (Å²) in [7, 11) is -2.19. The second-order valence-corrected chi connectivity index (χ2v) is 10.4. The molecule has 0 aromatic heterocycles. The molecule has 2 aromatic rings. The van der Waals surface area contributed by atoms with Gasteiger partial charge in [0.15, 0.2) is 0 Å². The molecule has 30 heavy (non-hydrogen) atoms. The van der Waals surface area contributed by atoms with Gasteiger partial charge in [-0.05, 0) is 67.1 Å². The van der Waals surface area contributed by atoms with Crippen molar-refractivity contribution in [2.45, 2.75) is 52.0 Å². The number of fused-ring (bicyclic) bond motifs is 1. The molecular weight excluding hydrogens is 396 g/mol. The van der Waals surface area contributed by atoms with Crippen LogP contribution in [-0.4, -0.2) is 40.1 Å². The van der Waals surface area contributed by atoms with Gasteiger partial charge in [0.1, 0.15) is 10.6 Å². The van der Waals surface area contributed by atoms with Gasteiger partial charge < -0.3 is 4.74 Å². The highest BCUT2D eigenvalue weighted by Crippen LogP contribution is 2.37. The summed E-state index contributed by atoms with van der Waals surface area (Å²) >= 11 is 0. The zero-order valence-corrected chi connectivity index (χ0v) is 19.6. The molecule has 0 N–H and O–H groups in total. The van der Waals surface area contributed by atoms with Crippen molar-refractivity contribution in [3.05, 3.63) is 53.1 Å². The number of hydrogen-bond acceptors (Lipinski definition) is 4. The van der Waals surface area contributed by atoms with E-state index in [0.29, 0.717) is 18.2 Å². The van der Waals surface area contributed by atoms with Gasteiger partial charge in [-0.3, -0.25) is 9.21 Å². The SMILES string of the molecule is CCCN(Cc1cccc2c1CCN2S(=O)(=O)c1cc(C)ccc1OC)CC(C)C. The fourth-order valence-corrected chi connectivity index (χ4v) is 6.03. The van der Waals surface area contributed by atoms with Crippen LogP contribution in [0.15, 0.2) is 41.3 Å². The van der Waals surface area contributed by atoms with Gasteiger partial charge in [-0.1, -0.05) is 39.0 Å². The van der Waals surface area contributed by atoms with Crippen LogP contribution in [0, 0.1) is 12.8 Å². The first-order valence-corrected chi connectivity index (χ1v) is 12.2. The Kier molecular flexibility index (Phi) is 7.09. The molecule has 0 unspecified atom stereocenters. The monoisotopic (exact) mass is 430 g/mol. The van der Waals surface area contributed by atoms with E-state index in [1.54, 1.807) is 16.4 Å². The second-order valence-electron chi connectivity index (χ2n) is 8.53. The van der Waals surface area contributed by atoms with Crippen LogP contribution in [0.4, 0.5) is 5.69 Å². The number of hydrogen-bond donors (Lipinski definition) is 0. The largest absolute Gasteiger partial charge is 0.495 e. The molecule has 0 bridgehead atoms. The molecule has 0 amide bonds. The summed E-state index contributed by atoms with van der Waals surface area (Å²) in [5.74, 6) is 0.982. The third-order valence-corrected chi connectivity index (χ3v) is 7.36. The zero-order chi connectivity index (χ0) is 21.9. The van der Waals surface area contributed by atoms with E-state index in [1.165, 1.54) is 12.7 Å². The van der Waals surface area contributed by atoms with E-state index < -0.39 is 10.0 Å². The van der Waals surface area contributed by atoms with Crippen LogP contribution in [0.25, 0.3) is 0 Å². The van der Waals surface area contributed by atoms with E-state index in [2.05, 4.69) is 31.7 Å². The Labute approximate surface area is 181 Å². The van der Waals surface area contributed by atoms with Gasteiger partial charge in [0.2, 0.25) is 0 Å². The maximum atomic E-state index is 13.5. The quantitative estimate of drug-likeness (QED) is 0.582. The van der Waals surface area contributed by atoms with Gasteiger partial charge in [-0.25, -0.2) is 8.42 Å². The second kappa shape index (κ2) is 9.40. The summed E-state index contributed by atoms with van der Waals surface area (Å²) in [5.41, 5.74) is 4.08. The number of ether oxygens (including phenoxy) is 1. The minimum absolute atomic E-state index is 0.232. The van der Waals surface area contributed by atoms with Crippen molar-refractivity contribution < 1.29 is 13.2 Å². The van der Waals surface area contributed by atoms with Crippen LogP contribution in [-0.2, 0) is 23.0 Å². The molecule has 0 fully saturated rings. The number of rotatable bonds is 9. The lowest BCUT2D eigenvalue weighted by molar-refractivity contribution is 0.236. The third-order valence-electron chi connectivity index (χ3n) is 5.53. The van der Waals surface area contributed by atoms with Crippen molar-refractivity contribution in [2.24, 2.45) is 5.92 Å². The lowest BCUT2D eigenvalue weighted by Gasteiger charge is -2.25. The first kappa shape index (κ1) is 22.6. The van der Waals surface area contributed by atoms with Crippen LogP contribution in [0.2, 0.25) is 0 Å². The van der Waals surface area contributed by atoms with Crippen molar-refractivity contribution in [3.8, 4) is 5.75 Å². The maximum Gasteiger partial charge on any atom is 0.268 e. The molecule has 0 aliphatic carbocycles. The van der Waals surface area contributed by atoms with Crippen molar-refractivity contribution >= 4 is 15.7 Å². The molecular formula is C24H34N2O3S. The number of aryl methyl sites for hydroxylation is 1. The van der Waals surface area contributed by atoms with Crippen molar-refractivity contribution in [1.29, 1.82) is 0 Å². The Balaban J connectivity index is 1.96. The predicted molar refractivity (Wildman–Crippen MR) is 123 cm³/mol. The van der Waals surface area contributed by atoms with Crippen LogP contribution < -0.4 is 9.04 Å². The molecule has 0 spiro atoms. The van der Waals surface area contributed by atoms with E-state index >= 15 is 0 Å². The number of sulfonamides is 1. The standard InChI is InChI=1S/C24H34N2O3S/c1-6-13-25(16-18(2)3)17-20-8-7-9-22-21(20)12-14-26(22)30(27,28)24-15-19(4)10-11-23(24)29-5/h7-11,15,18H,6,12-14,16-17H2,1-5H3. The van der Waals surface area contributed by atoms with E-state index in [4.69, 9.17) is 4.74 Å². The Morgan fingerprint density at radius 1 is 1.20 bits per heavy atom. The molecule has 0 saturated heterocycles. The first-order chi connectivity index (χ1) is 14.3. The summed E-state index contributed by atoms with van der Waals surface area (Å²) in [5, 5.41) is 0. The smallest absolute Gasteiger partial charge is 0.268 e. The molecule has 6 heteroatoms. The predicted octanol–water partition coefficient (Wildman–Crippen LogP) is 4.62. The van der Waals surface area contributed by atoms with Crippen molar-refractivity contribution in [2.75, 3.05) is 31.0 Å². The van der Waals surface area contributed by atoms with Crippen molar-refractivity contribution in [3.63, 3.8) is 0 Å². The summed E-state index contributed by atoms with van der Waals surface area (Å²) < 4.78 is 34.0. The van der Waals surface area contributed by atoms with Gasteiger partial charge >= 0.3 is 0 Å². The minimum Gasteiger partial charge on any atom is -0.495 e. The Morgan fingerprint density at radius 2 is 1.97 bits per heavy atom. The summed E-state index contributed by atoms with van der Waals surface area (Å²) in [4.78, 5) is 2.71. The lowest BCUT2D eigenvalue weighted by Crippen LogP contribution is -2.29. The highest BCUT2D eigenvalue weighted by atomic mass is 32.2. The number of methoxy groups -OCH3 is 1. The van der Waals surface area contributed by atoms with Crippen molar-refractivity contribution in [1.82, 2.24) is 4.90 Å². The van der Waals surface area contributed by atoms with Gasteiger partial charge in [0.05, 0.1) is 12.8 Å². The minimum atomic E-state index is -3.70. The molecule has 164 valence electrons. The van der Waals surface area contributed by atoms with Gasteiger partial charge in [-0.15, -0.1) is 0 Å². The van der Waals surface area contributed by atoms with Crippen LogP contribution in [0.1, 0.15) is 43.9 Å². The van der Waals surface area contributed by atoms with E-state index in [0.717, 1.165) is 49.3 Å². The van der Waals surface area contributed by atoms with E-state index in [-0.39, 0.29) is 4.90 Å². The Bertz CT molecular complexity index is 986. The lowest BCUT2D eigenvalue weighted by atomic mass is 10.0. The zero-order valence-electron chi connectivity index (χ0n) is 18.8. The van der Waals surface area contributed by atoms with Gasteiger partial charge in [0.25, 0.3) is 10.0 Å². The Hall–Kier alpha value is -2.05. The average molecular weight is 431 g/mol. The van der Waals surface area contributed by atoms with Crippen LogP contribution in [0.5, 0.6) is 5.75 Å². The number of anilines is 1. The highest BCUT2D eigenvalue weighted by Gasteiger charge is 2.34. The third kappa shape index (κ3) is 4.65. The maximum absolute atomic E-state index is 13.5.